The zero-order chi connectivity index (χ0) is 10.0. The molecule has 1 atom stereocenters. The van der Waals surface area contributed by atoms with Gasteiger partial charge in [0.05, 0.1) is 12.1 Å². The number of aliphatic carboxylic acids is 1. The van der Waals surface area contributed by atoms with Crippen molar-refractivity contribution in [2.24, 2.45) is 17.0 Å². The van der Waals surface area contributed by atoms with Crippen molar-refractivity contribution in [3.05, 3.63) is 0 Å². The minimum atomic E-state index is -0.997. The molecule has 0 bridgehead atoms. The van der Waals surface area contributed by atoms with Crippen LogP contribution >= 0.6 is 0 Å². The van der Waals surface area contributed by atoms with Crippen LogP contribution in [0.5, 0.6) is 0 Å². The van der Waals surface area contributed by atoms with Crippen molar-refractivity contribution in [3.8, 4) is 0 Å². The molecular weight excluding hydrogens is 174 g/mol. The lowest BCUT2D eigenvalue weighted by atomic mass is 9.90. The summed E-state index contributed by atoms with van der Waals surface area (Å²) in [6.07, 6.45) is -0.228. The molecule has 0 saturated heterocycles. The van der Waals surface area contributed by atoms with Crippen LogP contribution in [0.3, 0.4) is 0 Å². The lowest BCUT2D eigenvalue weighted by molar-refractivity contribution is -0.144. The maximum atomic E-state index is 11.1. The Morgan fingerprint density at radius 3 is 2.77 bits per heavy atom. The SMILES string of the molecule is CC(C)C1C(=O)ON=C1CC(=O)O. The van der Waals surface area contributed by atoms with Crippen LogP contribution in [0.1, 0.15) is 20.3 Å². The fourth-order valence-electron chi connectivity index (χ4n) is 1.31. The highest BCUT2D eigenvalue weighted by atomic mass is 16.7. The molecular formula is C8H11NO4. The lowest BCUT2D eigenvalue weighted by Gasteiger charge is -2.10. The van der Waals surface area contributed by atoms with Gasteiger partial charge in [-0.25, -0.2) is 4.79 Å². The van der Waals surface area contributed by atoms with Crippen LogP contribution in [0.2, 0.25) is 0 Å². The van der Waals surface area contributed by atoms with Gasteiger partial charge in [0.2, 0.25) is 0 Å². The second-order valence-electron chi connectivity index (χ2n) is 3.29. The number of carbonyl (C=O) groups is 2. The second kappa shape index (κ2) is 3.55. The second-order valence-corrected chi connectivity index (χ2v) is 3.29. The first-order valence-electron chi connectivity index (χ1n) is 4.01. The summed E-state index contributed by atoms with van der Waals surface area (Å²) in [5.41, 5.74) is 0.313. The molecule has 1 N–H and O–H groups in total. The van der Waals surface area contributed by atoms with Gasteiger partial charge in [-0.3, -0.25) is 4.79 Å². The Balaban J connectivity index is 2.74. The van der Waals surface area contributed by atoms with E-state index in [4.69, 9.17) is 5.11 Å². The quantitative estimate of drug-likeness (QED) is 0.655. The van der Waals surface area contributed by atoms with Gasteiger partial charge >= 0.3 is 11.9 Å². The monoisotopic (exact) mass is 185 g/mol. The van der Waals surface area contributed by atoms with Gasteiger partial charge in [-0.15, -0.1) is 0 Å². The molecule has 1 heterocycles. The standard InChI is InChI=1S/C8H11NO4/c1-4(2)7-5(3-6(10)11)9-13-8(7)12/h4,7H,3H2,1-2H3,(H,10,11). The third-order valence-corrected chi connectivity index (χ3v) is 1.86. The van der Waals surface area contributed by atoms with Crippen molar-refractivity contribution in [2.45, 2.75) is 20.3 Å². The minimum Gasteiger partial charge on any atom is -0.481 e. The lowest BCUT2D eigenvalue weighted by Crippen LogP contribution is -2.25. The molecule has 0 aromatic carbocycles. The van der Waals surface area contributed by atoms with Gasteiger partial charge in [-0.1, -0.05) is 19.0 Å². The summed E-state index contributed by atoms with van der Waals surface area (Å²) >= 11 is 0. The Morgan fingerprint density at radius 2 is 2.31 bits per heavy atom. The zero-order valence-corrected chi connectivity index (χ0v) is 7.48. The number of nitrogens with zero attached hydrogens (tertiary/aromatic N) is 1. The summed E-state index contributed by atoms with van der Waals surface area (Å²) in [6.45, 7) is 3.66. The number of oxime groups is 1. The van der Waals surface area contributed by atoms with E-state index >= 15 is 0 Å². The largest absolute Gasteiger partial charge is 0.481 e. The molecule has 5 heteroatoms. The fraction of sp³-hybridized carbons (Fsp3) is 0.625. The summed E-state index contributed by atoms with van der Waals surface area (Å²) in [5.74, 6) is -1.92. The van der Waals surface area contributed by atoms with Gasteiger partial charge in [0.1, 0.15) is 5.92 Å². The highest BCUT2D eigenvalue weighted by molar-refractivity contribution is 6.10. The van der Waals surface area contributed by atoms with Crippen LogP contribution < -0.4 is 0 Å². The van der Waals surface area contributed by atoms with Crippen LogP contribution in [-0.2, 0) is 14.4 Å². The molecule has 1 aliphatic rings. The molecule has 72 valence electrons. The van der Waals surface area contributed by atoms with Gasteiger partial charge < -0.3 is 9.94 Å². The summed E-state index contributed by atoms with van der Waals surface area (Å²) in [5, 5.41) is 12.0. The first-order chi connectivity index (χ1) is 6.02. The zero-order valence-electron chi connectivity index (χ0n) is 7.48. The Labute approximate surface area is 75.4 Å². The number of carboxylic acid groups (broad SMARTS) is 1. The summed E-state index contributed by atoms with van der Waals surface area (Å²) in [6, 6.07) is 0. The number of hydrogen-bond acceptors (Lipinski definition) is 4. The van der Waals surface area contributed by atoms with Crippen LogP contribution in [0.4, 0.5) is 0 Å². The molecule has 0 saturated carbocycles. The van der Waals surface area contributed by atoms with E-state index in [0.717, 1.165) is 0 Å². The van der Waals surface area contributed by atoms with E-state index in [1.165, 1.54) is 0 Å². The maximum Gasteiger partial charge on any atom is 0.344 e. The summed E-state index contributed by atoms with van der Waals surface area (Å²) in [7, 11) is 0. The van der Waals surface area contributed by atoms with E-state index in [9.17, 15) is 9.59 Å². The molecule has 1 rings (SSSR count). The normalized spacial score (nSPS) is 21.6. The van der Waals surface area contributed by atoms with Crippen LogP contribution in [0.25, 0.3) is 0 Å². The number of hydrogen-bond donors (Lipinski definition) is 1. The third-order valence-electron chi connectivity index (χ3n) is 1.86. The molecule has 1 unspecified atom stereocenters. The molecule has 0 spiro atoms. The molecule has 1 aliphatic heterocycles. The average molecular weight is 185 g/mol. The van der Waals surface area contributed by atoms with Crippen LogP contribution in [0.15, 0.2) is 5.16 Å². The van der Waals surface area contributed by atoms with E-state index < -0.39 is 17.9 Å². The number of carbonyl (C=O) groups excluding carboxylic acids is 1. The van der Waals surface area contributed by atoms with Crippen molar-refractivity contribution in [1.82, 2.24) is 0 Å². The predicted octanol–water partition coefficient (Wildman–Crippen LogP) is 0.646. The molecule has 5 nitrogen and oxygen atoms in total. The van der Waals surface area contributed by atoms with Gasteiger partial charge in [-0.05, 0) is 5.92 Å². The maximum absolute atomic E-state index is 11.1. The van der Waals surface area contributed by atoms with Gasteiger partial charge in [0.25, 0.3) is 0 Å². The van der Waals surface area contributed by atoms with E-state index in [1.54, 1.807) is 0 Å². The average Bonchev–Trinajstić information content (AvgIpc) is 2.30. The molecule has 0 fully saturated rings. The minimum absolute atomic E-state index is 0.0214. The topological polar surface area (TPSA) is 76.0 Å². The van der Waals surface area contributed by atoms with E-state index in [0.29, 0.717) is 5.71 Å². The van der Waals surface area contributed by atoms with Crippen molar-refractivity contribution >= 4 is 17.7 Å². The summed E-state index contributed by atoms with van der Waals surface area (Å²) in [4.78, 5) is 25.9. The molecule has 0 amide bonds. The fourth-order valence-corrected chi connectivity index (χ4v) is 1.31. The van der Waals surface area contributed by atoms with Gasteiger partial charge in [-0.2, -0.15) is 0 Å². The third kappa shape index (κ3) is 2.05. The van der Waals surface area contributed by atoms with Crippen molar-refractivity contribution in [2.75, 3.05) is 0 Å². The van der Waals surface area contributed by atoms with E-state index in [1.807, 2.05) is 13.8 Å². The Kier molecular flexibility index (Phi) is 2.65. The predicted molar refractivity (Wildman–Crippen MR) is 44.1 cm³/mol. The van der Waals surface area contributed by atoms with Crippen molar-refractivity contribution in [3.63, 3.8) is 0 Å². The smallest absolute Gasteiger partial charge is 0.344 e. The van der Waals surface area contributed by atoms with E-state index in [-0.39, 0.29) is 12.3 Å². The van der Waals surface area contributed by atoms with Crippen LogP contribution in [0, 0.1) is 11.8 Å². The van der Waals surface area contributed by atoms with Gasteiger partial charge in [0, 0.05) is 0 Å². The number of carboxylic acids is 1. The van der Waals surface area contributed by atoms with Crippen LogP contribution in [-0.4, -0.2) is 22.8 Å². The molecule has 0 radical (unpaired) electrons. The molecule has 0 aromatic rings. The molecule has 0 aromatic heterocycles. The summed E-state index contributed by atoms with van der Waals surface area (Å²) < 4.78 is 0. The van der Waals surface area contributed by atoms with Crippen molar-refractivity contribution < 1.29 is 19.5 Å². The molecule has 0 aliphatic carbocycles. The molecule has 13 heavy (non-hydrogen) atoms. The van der Waals surface area contributed by atoms with E-state index in [2.05, 4.69) is 9.99 Å². The Morgan fingerprint density at radius 1 is 1.69 bits per heavy atom. The Hall–Kier alpha value is -1.39. The van der Waals surface area contributed by atoms with Crippen molar-refractivity contribution in [1.29, 1.82) is 0 Å². The number of rotatable bonds is 3. The Bertz CT molecular complexity index is 269. The first-order valence-corrected chi connectivity index (χ1v) is 4.01. The highest BCUT2D eigenvalue weighted by Gasteiger charge is 2.35. The highest BCUT2D eigenvalue weighted by Crippen LogP contribution is 2.22. The first kappa shape index (κ1) is 9.70. The van der Waals surface area contributed by atoms with Gasteiger partial charge in [0.15, 0.2) is 0 Å².